The molecule has 0 bridgehead atoms. The van der Waals surface area contributed by atoms with Crippen LogP contribution in [-0.4, -0.2) is 43.8 Å². The zero-order chi connectivity index (χ0) is 17.2. The van der Waals surface area contributed by atoms with E-state index in [0.717, 1.165) is 23.9 Å². The van der Waals surface area contributed by atoms with Crippen LogP contribution in [0.25, 0.3) is 11.0 Å². The van der Waals surface area contributed by atoms with E-state index in [9.17, 15) is 4.79 Å². The molecular weight excluding hydrogens is 338 g/mol. The average molecular weight is 354 g/mol. The SMILES string of the molecule is O=C(c1cnccn1)N1CCC(c2ccc3cc(Cl)cnc3n2)CC1. The number of halogens is 1. The van der Waals surface area contributed by atoms with Gasteiger partial charge in [-0.2, -0.15) is 0 Å². The standard InChI is InChI=1S/C18H16ClN5O/c19-14-9-13-1-2-15(23-17(13)22-10-14)12-3-7-24(8-4-12)18(25)16-11-20-5-6-21-16/h1-2,5-6,9-12H,3-4,7-8H2. The number of hydrogen-bond acceptors (Lipinski definition) is 5. The number of fused-ring (bicyclic) bond motifs is 1. The van der Waals surface area contributed by atoms with E-state index in [-0.39, 0.29) is 5.91 Å². The smallest absolute Gasteiger partial charge is 0.274 e. The van der Waals surface area contributed by atoms with E-state index in [1.807, 2.05) is 23.1 Å². The van der Waals surface area contributed by atoms with Gasteiger partial charge >= 0.3 is 0 Å². The monoisotopic (exact) mass is 353 g/mol. The minimum atomic E-state index is -0.0608. The first kappa shape index (κ1) is 15.9. The summed E-state index contributed by atoms with van der Waals surface area (Å²) in [6, 6.07) is 5.90. The van der Waals surface area contributed by atoms with Crippen LogP contribution in [0.1, 0.15) is 34.9 Å². The maximum absolute atomic E-state index is 12.4. The molecule has 0 aromatic carbocycles. The highest BCUT2D eigenvalue weighted by Crippen LogP contribution is 2.28. The molecule has 0 unspecified atom stereocenters. The predicted octanol–water partition coefficient (Wildman–Crippen LogP) is 3.09. The van der Waals surface area contributed by atoms with Crippen molar-refractivity contribution in [3.8, 4) is 0 Å². The third-order valence-corrected chi connectivity index (χ3v) is 4.72. The Morgan fingerprint density at radius 1 is 1.12 bits per heavy atom. The van der Waals surface area contributed by atoms with Crippen molar-refractivity contribution in [1.29, 1.82) is 0 Å². The van der Waals surface area contributed by atoms with E-state index >= 15 is 0 Å². The summed E-state index contributed by atoms with van der Waals surface area (Å²) in [6.45, 7) is 1.38. The summed E-state index contributed by atoms with van der Waals surface area (Å²) >= 11 is 5.97. The maximum Gasteiger partial charge on any atom is 0.274 e. The lowest BCUT2D eigenvalue weighted by Crippen LogP contribution is -2.38. The van der Waals surface area contributed by atoms with Gasteiger partial charge < -0.3 is 4.90 Å². The number of pyridine rings is 2. The van der Waals surface area contributed by atoms with Crippen molar-refractivity contribution in [1.82, 2.24) is 24.8 Å². The number of hydrogen-bond donors (Lipinski definition) is 0. The Balaban J connectivity index is 1.46. The summed E-state index contributed by atoms with van der Waals surface area (Å²) in [5, 5.41) is 1.55. The van der Waals surface area contributed by atoms with Gasteiger partial charge in [-0.15, -0.1) is 0 Å². The fourth-order valence-corrected chi connectivity index (χ4v) is 3.34. The van der Waals surface area contributed by atoms with E-state index < -0.39 is 0 Å². The third-order valence-electron chi connectivity index (χ3n) is 4.51. The van der Waals surface area contributed by atoms with E-state index in [1.165, 1.54) is 12.4 Å². The molecule has 126 valence electrons. The highest BCUT2D eigenvalue weighted by Gasteiger charge is 2.26. The van der Waals surface area contributed by atoms with Crippen LogP contribution in [0.2, 0.25) is 5.02 Å². The Labute approximate surface area is 149 Å². The molecule has 6 nitrogen and oxygen atoms in total. The average Bonchev–Trinajstić information content (AvgIpc) is 2.68. The highest BCUT2D eigenvalue weighted by atomic mass is 35.5. The van der Waals surface area contributed by atoms with Gasteiger partial charge in [-0.1, -0.05) is 11.6 Å². The quantitative estimate of drug-likeness (QED) is 0.708. The van der Waals surface area contributed by atoms with Crippen LogP contribution < -0.4 is 0 Å². The number of rotatable bonds is 2. The zero-order valence-electron chi connectivity index (χ0n) is 13.5. The van der Waals surface area contributed by atoms with Crippen LogP contribution in [0.15, 0.2) is 43.0 Å². The van der Waals surface area contributed by atoms with Crippen LogP contribution in [0, 0.1) is 0 Å². The Bertz CT molecular complexity index is 910. The Hall–Kier alpha value is -2.60. The summed E-state index contributed by atoms with van der Waals surface area (Å²) in [6.07, 6.45) is 7.98. The molecule has 0 N–H and O–H groups in total. The van der Waals surface area contributed by atoms with Crippen LogP contribution in [-0.2, 0) is 0 Å². The van der Waals surface area contributed by atoms with Gasteiger partial charge in [-0.3, -0.25) is 9.78 Å². The van der Waals surface area contributed by atoms with E-state index in [1.54, 1.807) is 12.4 Å². The molecule has 0 aliphatic carbocycles. The number of piperidine rings is 1. The minimum Gasteiger partial charge on any atom is -0.337 e. The topological polar surface area (TPSA) is 71.9 Å². The zero-order valence-corrected chi connectivity index (χ0v) is 14.2. The first-order valence-corrected chi connectivity index (χ1v) is 8.56. The molecule has 3 aromatic rings. The third kappa shape index (κ3) is 3.30. The van der Waals surface area contributed by atoms with Crippen molar-refractivity contribution in [3.05, 3.63) is 59.4 Å². The lowest BCUT2D eigenvalue weighted by Gasteiger charge is -2.31. The van der Waals surface area contributed by atoms with Crippen LogP contribution in [0.3, 0.4) is 0 Å². The van der Waals surface area contributed by atoms with E-state index in [4.69, 9.17) is 11.6 Å². The molecule has 0 atom stereocenters. The maximum atomic E-state index is 12.4. The molecule has 0 radical (unpaired) electrons. The van der Waals surface area contributed by atoms with Crippen molar-refractivity contribution < 1.29 is 4.79 Å². The summed E-state index contributed by atoms with van der Waals surface area (Å²) in [7, 11) is 0. The van der Waals surface area contributed by atoms with Gasteiger partial charge in [-0.25, -0.2) is 15.0 Å². The van der Waals surface area contributed by atoms with Gasteiger partial charge in [-0.05, 0) is 31.0 Å². The number of likely N-dealkylation sites (tertiary alicyclic amines) is 1. The van der Waals surface area contributed by atoms with Crippen molar-refractivity contribution in [2.75, 3.05) is 13.1 Å². The minimum absolute atomic E-state index is 0.0608. The molecule has 3 aromatic heterocycles. The molecule has 1 aliphatic heterocycles. The second kappa shape index (κ2) is 6.72. The fraction of sp³-hybridized carbons (Fsp3) is 0.278. The van der Waals surface area contributed by atoms with Crippen LogP contribution in [0.5, 0.6) is 0 Å². The number of aromatic nitrogens is 4. The molecular formula is C18H16ClN5O. The summed E-state index contributed by atoms with van der Waals surface area (Å²) in [4.78, 5) is 31.3. The molecule has 1 aliphatic rings. The lowest BCUT2D eigenvalue weighted by molar-refractivity contribution is 0.0705. The molecule has 7 heteroatoms. The van der Waals surface area contributed by atoms with Crippen LogP contribution in [0.4, 0.5) is 0 Å². The largest absolute Gasteiger partial charge is 0.337 e. The van der Waals surface area contributed by atoms with Gasteiger partial charge in [0.25, 0.3) is 5.91 Å². The van der Waals surface area contributed by atoms with Crippen molar-refractivity contribution in [2.45, 2.75) is 18.8 Å². The number of carbonyl (C=O) groups is 1. The van der Waals surface area contributed by atoms with Gasteiger partial charge in [0, 0.05) is 48.7 Å². The van der Waals surface area contributed by atoms with Crippen LogP contribution >= 0.6 is 11.6 Å². The summed E-state index contributed by atoms with van der Waals surface area (Å²) in [5.74, 6) is 0.266. The molecule has 1 saturated heterocycles. The molecule has 1 amide bonds. The highest BCUT2D eigenvalue weighted by molar-refractivity contribution is 6.31. The number of amides is 1. The first-order valence-electron chi connectivity index (χ1n) is 8.18. The number of nitrogens with zero attached hydrogens (tertiary/aromatic N) is 5. The fourth-order valence-electron chi connectivity index (χ4n) is 3.18. The normalized spacial score (nSPS) is 15.5. The second-order valence-corrected chi connectivity index (χ2v) is 6.53. The molecule has 4 rings (SSSR count). The van der Waals surface area contributed by atoms with Gasteiger partial charge in [0.1, 0.15) is 5.69 Å². The molecule has 4 heterocycles. The molecule has 25 heavy (non-hydrogen) atoms. The predicted molar refractivity (Wildman–Crippen MR) is 94.5 cm³/mol. The lowest BCUT2D eigenvalue weighted by atomic mass is 9.92. The molecule has 1 fully saturated rings. The van der Waals surface area contributed by atoms with Gasteiger partial charge in [0.05, 0.1) is 11.2 Å². The van der Waals surface area contributed by atoms with Crippen molar-refractivity contribution in [3.63, 3.8) is 0 Å². The van der Waals surface area contributed by atoms with Gasteiger partial charge in [0.15, 0.2) is 5.65 Å². The van der Waals surface area contributed by atoms with E-state index in [0.29, 0.717) is 35.4 Å². The summed E-state index contributed by atoms with van der Waals surface area (Å²) < 4.78 is 0. The Morgan fingerprint density at radius 3 is 2.72 bits per heavy atom. The van der Waals surface area contributed by atoms with Gasteiger partial charge in [0.2, 0.25) is 0 Å². The second-order valence-electron chi connectivity index (χ2n) is 6.09. The number of carbonyl (C=O) groups excluding carboxylic acids is 1. The summed E-state index contributed by atoms with van der Waals surface area (Å²) in [5.41, 5.74) is 2.12. The molecule has 0 spiro atoms. The first-order chi connectivity index (χ1) is 12.2. The molecule has 0 saturated carbocycles. The Kier molecular flexibility index (Phi) is 4.28. The Morgan fingerprint density at radius 2 is 1.96 bits per heavy atom. The van der Waals surface area contributed by atoms with E-state index in [2.05, 4.69) is 19.9 Å². The van der Waals surface area contributed by atoms with Crippen molar-refractivity contribution >= 4 is 28.5 Å². The van der Waals surface area contributed by atoms with Crippen molar-refractivity contribution in [2.24, 2.45) is 0 Å².